The molecule has 0 radical (unpaired) electrons. The summed E-state index contributed by atoms with van der Waals surface area (Å²) in [7, 11) is -3.94. The van der Waals surface area contributed by atoms with Crippen LogP contribution in [0.4, 0.5) is 20.2 Å². The van der Waals surface area contributed by atoms with Gasteiger partial charge in [0, 0.05) is 37.6 Å². The molecule has 1 amide bonds. The highest BCUT2D eigenvalue weighted by atomic mass is 32.2. The number of carbonyl (C=O) groups is 1. The molecular formula is C26H27F2N3O3S. The molecule has 1 fully saturated rings. The smallest absolute Gasteiger partial charge is 0.258 e. The number of carbonyl (C=O) groups excluding carboxylic acids is 1. The molecule has 6 nitrogen and oxygen atoms in total. The predicted octanol–water partition coefficient (Wildman–Crippen LogP) is 4.65. The van der Waals surface area contributed by atoms with Crippen molar-refractivity contribution in [3.63, 3.8) is 0 Å². The van der Waals surface area contributed by atoms with Gasteiger partial charge in [0.15, 0.2) is 0 Å². The average Bonchev–Trinajstić information content (AvgIpc) is 2.83. The van der Waals surface area contributed by atoms with Crippen LogP contribution in [0, 0.1) is 32.4 Å². The maximum Gasteiger partial charge on any atom is 0.258 e. The fraction of sp³-hybridized carbons (Fsp3) is 0.269. The van der Waals surface area contributed by atoms with E-state index in [0.717, 1.165) is 35.5 Å². The molecular weight excluding hydrogens is 472 g/mol. The minimum Gasteiger partial charge on any atom is -0.369 e. The Kier molecular flexibility index (Phi) is 6.91. The molecule has 0 unspecified atom stereocenters. The first-order valence-electron chi connectivity index (χ1n) is 11.3. The normalized spacial score (nSPS) is 14.7. The van der Waals surface area contributed by atoms with Crippen LogP contribution in [0.5, 0.6) is 0 Å². The summed E-state index contributed by atoms with van der Waals surface area (Å²) >= 11 is 0. The lowest BCUT2D eigenvalue weighted by Gasteiger charge is -2.36. The van der Waals surface area contributed by atoms with Crippen molar-refractivity contribution in [2.24, 2.45) is 0 Å². The fourth-order valence-electron chi connectivity index (χ4n) is 4.10. The van der Waals surface area contributed by atoms with Crippen LogP contribution >= 0.6 is 0 Å². The number of halogens is 2. The van der Waals surface area contributed by atoms with Gasteiger partial charge < -0.3 is 10.2 Å². The van der Waals surface area contributed by atoms with E-state index in [-0.39, 0.29) is 23.7 Å². The molecule has 0 spiro atoms. The molecule has 9 heteroatoms. The Morgan fingerprint density at radius 2 is 1.57 bits per heavy atom. The lowest BCUT2D eigenvalue weighted by molar-refractivity contribution is 0.102. The van der Waals surface area contributed by atoms with Crippen molar-refractivity contribution in [1.82, 2.24) is 4.31 Å². The zero-order valence-corrected chi connectivity index (χ0v) is 20.6. The Morgan fingerprint density at radius 1 is 0.857 bits per heavy atom. The number of nitrogens with one attached hydrogen (secondary N) is 1. The number of nitrogens with zero attached hydrogens (tertiary/aromatic N) is 2. The molecule has 35 heavy (non-hydrogen) atoms. The minimum absolute atomic E-state index is 0.147. The fourth-order valence-corrected chi connectivity index (χ4v) is 5.55. The minimum atomic E-state index is -3.94. The Balaban J connectivity index is 1.51. The van der Waals surface area contributed by atoms with Gasteiger partial charge in [-0.15, -0.1) is 0 Å². The van der Waals surface area contributed by atoms with Crippen molar-refractivity contribution in [2.45, 2.75) is 25.7 Å². The van der Waals surface area contributed by atoms with Gasteiger partial charge in [-0.25, -0.2) is 17.2 Å². The number of amides is 1. The monoisotopic (exact) mass is 499 g/mol. The van der Waals surface area contributed by atoms with Crippen molar-refractivity contribution < 1.29 is 22.0 Å². The van der Waals surface area contributed by atoms with Crippen LogP contribution < -0.4 is 10.2 Å². The number of benzene rings is 3. The Bertz CT molecular complexity index is 1380. The van der Waals surface area contributed by atoms with E-state index in [9.17, 15) is 22.0 Å². The number of sulfonamides is 1. The van der Waals surface area contributed by atoms with Crippen LogP contribution in [-0.4, -0.2) is 44.8 Å². The zero-order chi connectivity index (χ0) is 25.3. The molecule has 0 atom stereocenters. The molecule has 0 aromatic heterocycles. The van der Waals surface area contributed by atoms with Crippen molar-refractivity contribution in [2.75, 3.05) is 36.4 Å². The molecule has 1 aliphatic heterocycles. The van der Waals surface area contributed by atoms with Gasteiger partial charge in [-0.05, 0) is 73.9 Å². The molecule has 0 bridgehead atoms. The van der Waals surface area contributed by atoms with E-state index in [2.05, 4.69) is 10.2 Å². The maximum absolute atomic E-state index is 14.5. The van der Waals surface area contributed by atoms with Crippen LogP contribution in [0.1, 0.15) is 27.0 Å². The summed E-state index contributed by atoms with van der Waals surface area (Å²) < 4.78 is 56.2. The molecule has 3 aromatic carbocycles. The van der Waals surface area contributed by atoms with E-state index in [1.165, 1.54) is 22.0 Å². The van der Waals surface area contributed by atoms with Crippen LogP contribution in [-0.2, 0) is 10.0 Å². The molecule has 1 aliphatic rings. The van der Waals surface area contributed by atoms with E-state index in [1.54, 1.807) is 6.92 Å². The standard InChI is InChI=1S/C26H27F2N3O3S/c1-17-5-4-6-25(19(17)3)30-11-13-31(14-12-30)35(33,34)21-9-10-23(27)22(16-21)26(32)29-20-8-7-18(2)24(28)15-20/h4-10,15-16H,11-14H2,1-3H3,(H,29,32). The largest absolute Gasteiger partial charge is 0.369 e. The second kappa shape index (κ2) is 9.75. The van der Waals surface area contributed by atoms with E-state index >= 15 is 0 Å². The van der Waals surface area contributed by atoms with Crippen molar-refractivity contribution in [3.8, 4) is 0 Å². The van der Waals surface area contributed by atoms with Crippen LogP contribution in [0.25, 0.3) is 0 Å². The summed E-state index contributed by atoms with van der Waals surface area (Å²) in [6, 6.07) is 13.3. The van der Waals surface area contributed by atoms with Crippen LogP contribution in [0.15, 0.2) is 59.5 Å². The quantitative estimate of drug-likeness (QED) is 0.555. The summed E-state index contributed by atoms with van der Waals surface area (Å²) in [6.45, 7) is 7.21. The first-order chi connectivity index (χ1) is 16.6. The van der Waals surface area contributed by atoms with Gasteiger partial charge in [0.1, 0.15) is 11.6 Å². The van der Waals surface area contributed by atoms with Gasteiger partial charge in [-0.1, -0.05) is 18.2 Å². The van der Waals surface area contributed by atoms with E-state index in [4.69, 9.17) is 0 Å². The van der Waals surface area contributed by atoms with Gasteiger partial charge in [-0.2, -0.15) is 4.31 Å². The Morgan fingerprint density at radius 3 is 2.26 bits per heavy atom. The van der Waals surface area contributed by atoms with Gasteiger partial charge in [0.05, 0.1) is 10.5 Å². The highest BCUT2D eigenvalue weighted by molar-refractivity contribution is 7.89. The van der Waals surface area contributed by atoms with E-state index in [1.807, 2.05) is 32.0 Å². The van der Waals surface area contributed by atoms with Gasteiger partial charge in [0.2, 0.25) is 10.0 Å². The number of rotatable bonds is 5. The topological polar surface area (TPSA) is 69.7 Å². The Hall–Kier alpha value is -3.30. The van der Waals surface area contributed by atoms with E-state index < -0.39 is 33.1 Å². The third-order valence-electron chi connectivity index (χ3n) is 6.41. The molecule has 0 saturated carbocycles. The highest BCUT2D eigenvalue weighted by Gasteiger charge is 2.30. The maximum atomic E-state index is 14.5. The summed E-state index contributed by atoms with van der Waals surface area (Å²) in [5.74, 6) is -2.24. The Labute approximate surface area is 204 Å². The summed E-state index contributed by atoms with van der Waals surface area (Å²) in [4.78, 5) is 14.6. The first kappa shape index (κ1) is 24.8. The third kappa shape index (κ3) is 5.06. The van der Waals surface area contributed by atoms with Crippen molar-refractivity contribution in [1.29, 1.82) is 0 Å². The summed E-state index contributed by atoms with van der Waals surface area (Å²) in [5, 5.41) is 2.43. The third-order valence-corrected chi connectivity index (χ3v) is 8.30. The SMILES string of the molecule is Cc1ccc(NC(=O)c2cc(S(=O)(=O)N3CCN(c4cccc(C)c4C)CC3)ccc2F)cc1F. The second-order valence-corrected chi connectivity index (χ2v) is 10.6. The average molecular weight is 500 g/mol. The molecule has 1 N–H and O–H groups in total. The lowest BCUT2D eigenvalue weighted by Crippen LogP contribution is -2.48. The molecule has 1 saturated heterocycles. The second-order valence-electron chi connectivity index (χ2n) is 8.67. The number of hydrogen-bond acceptors (Lipinski definition) is 4. The predicted molar refractivity (Wildman–Crippen MR) is 132 cm³/mol. The first-order valence-corrected chi connectivity index (χ1v) is 12.7. The van der Waals surface area contributed by atoms with Gasteiger partial charge in [0.25, 0.3) is 5.91 Å². The van der Waals surface area contributed by atoms with Crippen LogP contribution in [0.3, 0.4) is 0 Å². The molecule has 0 aliphatic carbocycles. The summed E-state index contributed by atoms with van der Waals surface area (Å²) in [5.41, 5.74) is 3.53. The zero-order valence-electron chi connectivity index (χ0n) is 19.8. The van der Waals surface area contributed by atoms with Crippen LogP contribution in [0.2, 0.25) is 0 Å². The molecule has 3 aromatic rings. The molecule has 1 heterocycles. The summed E-state index contributed by atoms with van der Waals surface area (Å²) in [6.07, 6.45) is 0. The molecule has 4 rings (SSSR count). The number of hydrogen-bond donors (Lipinski definition) is 1. The van der Waals surface area contributed by atoms with Gasteiger partial charge in [-0.3, -0.25) is 4.79 Å². The van der Waals surface area contributed by atoms with Crippen molar-refractivity contribution >= 4 is 27.3 Å². The number of anilines is 2. The van der Waals surface area contributed by atoms with E-state index in [0.29, 0.717) is 18.7 Å². The van der Waals surface area contributed by atoms with Gasteiger partial charge >= 0.3 is 0 Å². The van der Waals surface area contributed by atoms with Crippen molar-refractivity contribution in [3.05, 3.63) is 88.5 Å². The number of aryl methyl sites for hydroxylation is 2. The molecule has 184 valence electrons. The lowest BCUT2D eigenvalue weighted by atomic mass is 10.1. The highest BCUT2D eigenvalue weighted by Crippen LogP contribution is 2.26. The number of piperazine rings is 1.